The summed E-state index contributed by atoms with van der Waals surface area (Å²) < 4.78 is 5.03. The van der Waals surface area contributed by atoms with Crippen molar-refractivity contribution in [2.24, 2.45) is 0 Å². The first-order valence-electron chi connectivity index (χ1n) is 20.8. The molecule has 61 heavy (non-hydrogen) atoms. The Morgan fingerprint density at radius 1 is 0.377 bits per heavy atom. The van der Waals surface area contributed by atoms with Gasteiger partial charge in [-0.1, -0.05) is 164 Å². The number of benzene rings is 10. The molecular weight excluding hydrogens is 757 g/mol. The Hall–Kier alpha value is -7.72. The molecule has 286 valence electrons. The minimum atomic E-state index is 1.10. The van der Waals surface area contributed by atoms with E-state index in [1.54, 1.807) is 0 Å². The summed E-state index contributed by atoms with van der Waals surface area (Å²) >= 11 is 1.87. The molecule has 2 heterocycles. The number of hydrogen-bond acceptors (Lipinski definition) is 2. The lowest BCUT2D eigenvalue weighted by atomic mass is 9.95. The van der Waals surface area contributed by atoms with Crippen LogP contribution in [0.2, 0.25) is 0 Å². The molecule has 0 fully saturated rings. The van der Waals surface area contributed by atoms with E-state index in [1.807, 2.05) is 11.3 Å². The van der Waals surface area contributed by atoms with Crippen LogP contribution in [0.3, 0.4) is 0 Å². The molecule has 0 spiro atoms. The fraction of sp³-hybridized carbons (Fsp3) is 0. The fourth-order valence-electron chi connectivity index (χ4n) is 9.33. The van der Waals surface area contributed by atoms with Crippen LogP contribution in [0.4, 0.5) is 17.1 Å². The lowest BCUT2D eigenvalue weighted by Crippen LogP contribution is -2.10. The molecule has 2 aromatic heterocycles. The van der Waals surface area contributed by atoms with Crippen LogP contribution in [0, 0.1) is 0 Å². The van der Waals surface area contributed by atoms with Gasteiger partial charge in [-0.05, 0) is 105 Å². The predicted octanol–water partition coefficient (Wildman–Crippen LogP) is 16.8. The molecular formula is C58H38N2S. The average Bonchev–Trinajstić information content (AvgIpc) is 3.89. The Balaban J connectivity index is 1.18. The molecule has 0 saturated heterocycles. The van der Waals surface area contributed by atoms with Gasteiger partial charge in [-0.25, -0.2) is 0 Å². The van der Waals surface area contributed by atoms with Gasteiger partial charge < -0.3 is 9.47 Å². The van der Waals surface area contributed by atoms with Crippen molar-refractivity contribution in [1.82, 2.24) is 4.57 Å². The van der Waals surface area contributed by atoms with Crippen LogP contribution in [0.25, 0.3) is 91.8 Å². The van der Waals surface area contributed by atoms with Crippen molar-refractivity contribution in [2.45, 2.75) is 0 Å². The van der Waals surface area contributed by atoms with Gasteiger partial charge in [0.05, 0.1) is 27.1 Å². The fourth-order valence-corrected chi connectivity index (χ4v) is 10.5. The summed E-state index contributed by atoms with van der Waals surface area (Å²) in [7, 11) is 0. The molecule has 0 aliphatic carbocycles. The van der Waals surface area contributed by atoms with Gasteiger partial charge in [-0.2, -0.15) is 0 Å². The predicted molar refractivity (Wildman–Crippen MR) is 262 cm³/mol. The zero-order valence-corrected chi connectivity index (χ0v) is 34.1. The molecule has 0 aliphatic rings. The zero-order valence-electron chi connectivity index (χ0n) is 33.2. The van der Waals surface area contributed by atoms with Crippen LogP contribution in [0.1, 0.15) is 0 Å². The maximum atomic E-state index is 2.51. The van der Waals surface area contributed by atoms with Crippen LogP contribution in [0.5, 0.6) is 0 Å². The summed E-state index contributed by atoms with van der Waals surface area (Å²) in [5.41, 5.74) is 14.0. The van der Waals surface area contributed by atoms with Crippen molar-refractivity contribution in [3.8, 4) is 39.1 Å². The van der Waals surface area contributed by atoms with Crippen LogP contribution >= 0.6 is 11.3 Å². The number of para-hydroxylation sites is 1. The summed E-state index contributed by atoms with van der Waals surface area (Å²) in [5.74, 6) is 0. The van der Waals surface area contributed by atoms with Gasteiger partial charge in [0.25, 0.3) is 0 Å². The SMILES string of the molecule is c1ccc(-c2cc(-c3ccccc3)c3c(c2)c2c(N(c4ccc(-c5ccc6ccccc6c5)cc4)c4cccc5c4sc4ccccc45)cccc2n3-c2ccccc2)cc1. The first-order valence-corrected chi connectivity index (χ1v) is 21.7. The highest BCUT2D eigenvalue weighted by atomic mass is 32.1. The number of fused-ring (bicyclic) bond motifs is 7. The van der Waals surface area contributed by atoms with Crippen molar-refractivity contribution in [1.29, 1.82) is 0 Å². The first-order chi connectivity index (χ1) is 30.3. The van der Waals surface area contributed by atoms with Crippen LogP contribution in [0.15, 0.2) is 231 Å². The van der Waals surface area contributed by atoms with Crippen LogP contribution < -0.4 is 4.90 Å². The summed E-state index contributed by atoms with van der Waals surface area (Å²) in [4.78, 5) is 2.51. The Labute approximate surface area is 358 Å². The van der Waals surface area contributed by atoms with Crippen LogP contribution in [-0.2, 0) is 0 Å². The molecule has 0 aliphatic heterocycles. The van der Waals surface area contributed by atoms with Gasteiger partial charge in [0, 0.05) is 43.2 Å². The maximum absolute atomic E-state index is 2.51. The van der Waals surface area contributed by atoms with Gasteiger partial charge in [-0.15, -0.1) is 11.3 Å². The largest absolute Gasteiger partial charge is 0.309 e. The Bertz CT molecular complexity index is 3570. The van der Waals surface area contributed by atoms with Crippen molar-refractivity contribution in [2.75, 3.05) is 4.90 Å². The third kappa shape index (κ3) is 5.93. The second-order valence-corrected chi connectivity index (χ2v) is 16.7. The van der Waals surface area contributed by atoms with Crippen molar-refractivity contribution in [3.63, 3.8) is 0 Å². The molecule has 10 aromatic carbocycles. The third-order valence-electron chi connectivity index (χ3n) is 12.1. The molecule has 0 radical (unpaired) electrons. The summed E-state index contributed by atoms with van der Waals surface area (Å²) in [6.45, 7) is 0. The number of thiophene rings is 1. The normalized spacial score (nSPS) is 11.6. The number of rotatable bonds is 7. The topological polar surface area (TPSA) is 8.17 Å². The van der Waals surface area contributed by atoms with E-state index >= 15 is 0 Å². The van der Waals surface area contributed by atoms with E-state index in [0.717, 1.165) is 28.3 Å². The number of hydrogen-bond donors (Lipinski definition) is 0. The van der Waals surface area contributed by atoms with E-state index in [9.17, 15) is 0 Å². The van der Waals surface area contributed by atoms with E-state index in [-0.39, 0.29) is 0 Å². The summed E-state index contributed by atoms with van der Waals surface area (Å²) in [6, 6.07) is 84.3. The second-order valence-electron chi connectivity index (χ2n) is 15.7. The van der Waals surface area contributed by atoms with Gasteiger partial charge in [-0.3, -0.25) is 0 Å². The van der Waals surface area contributed by atoms with E-state index in [2.05, 4.69) is 240 Å². The Kier molecular flexibility index (Phi) is 8.39. The lowest BCUT2D eigenvalue weighted by molar-refractivity contribution is 1.18. The lowest BCUT2D eigenvalue weighted by Gasteiger charge is -2.27. The highest BCUT2D eigenvalue weighted by molar-refractivity contribution is 7.26. The standard InChI is InChI=1S/C58H38N2S/c1-4-16-39(17-5-1)45-37-50(42-19-6-2-7-20-42)57-51(38-45)56-52(26-15-27-53(56)60(57)46-22-8-3-9-23-46)59(54-28-14-25-49-48-24-12-13-29-55(48)61-58(49)54)47-34-32-41(33-35-47)44-31-30-40-18-10-11-21-43(40)36-44/h1-38H. The molecule has 0 unspecified atom stereocenters. The van der Waals surface area contributed by atoms with Gasteiger partial charge in [0.2, 0.25) is 0 Å². The van der Waals surface area contributed by atoms with Crippen molar-refractivity contribution < 1.29 is 0 Å². The molecule has 0 N–H and O–H groups in total. The molecule has 0 bridgehead atoms. The quantitative estimate of drug-likeness (QED) is 0.156. The van der Waals surface area contributed by atoms with Crippen molar-refractivity contribution in [3.05, 3.63) is 231 Å². The third-order valence-corrected chi connectivity index (χ3v) is 13.4. The van der Waals surface area contributed by atoms with Gasteiger partial charge in [0.15, 0.2) is 0 Å². The molecule has 0 atom stereocenters. The van der Waals surface area contributed by atoms with E-state index in [4.69, 9.17) is 0 Å². The molecule has 0 saturated carbocycles. The van der Waals surface area contributed by atoms with Crippen LogP contribution in [-0.4, -0.2) is 4.57 Å². The molecule has 3 heteroatoms. The van der Waals surface area contributed by atoms with Gasteiger partial charge in [0.1, 0.15) is 0 Å². The highest BCUT2D eigenvalue weighted by Crippen LogP contribution is 2.50. The first kappa shape index (κ1) is 35.2. The molecule has 2 nitrogen and oxygen atoms in total. The minimum absolute atomic E-state index is 1.10. The molecule has 12 aromatic rings. The Morgan fingerprint density at radius 3 is 1.80 bits per heavy atom. The van der Waals surface area contributed by atoms with E-state index in [0.29, 0.717) is 0 Å². The summed E-state index contributed by atoms with van der Waals surface area (Å²) in [5, 5.41) is 7.46. The number of nitrogens with zero attached hydrogens (tertiary/aromatic N) is 2. The molecule has 12 rings (SSSR count). The van der Waals surface area contributed by atoms with E-state index < -0.39 is 0 Å². The molecule has 0 amide bonds. The second kappa shape index (κ2) is 14.5. The Morgan fingerprint density at radius 2 is 1.00 bits per heavy atom. The van der Waals surface area contributed by atoms with E-state index in [1.165, 1.54) is 80.6 Å². The minimum Gasteiger partial charge on any atom is -0.309 e. The van der Waals surface area contributed by atoms with Gasteiger partial charge >= 0.3 is 0 Å². The number of anilines is 3. The maximum Gasteiger partial charge on any atom is 0.0640 e. The summed E-state index contributed by atoms with van der Waals surface area (Å²) in [6.07, 6.45) is 0. The monoisotopic (exact) mass is 794 g/mol. The zero-order chi connectivity index (χ0) is 40.3. The smallest absolute Gasteiger partial charge is 0.0640 e. The average molecular weight is 795 g/mol. The highest BCUT2D eigenvalue weighted by Gasteiger charge is 2.25. The van der Waals surface area contributed by atoms with Crippen molar-refractivity contribution >= 4 is 81.1 Å². The number of aromatic nitrogens is 1.